The summed E-state index contributed by atoms with van der Waals surface area (Å²) in [5, 5.41) is 6.87. The second-order valence-corrected chi connectivity index (χ2v) is 6.62. The van der Waals surface area contributed by atoms with Crippen LogP contribution in [0.25, 0.3) is 5.69 Å². The van der Waals surface area contributed by atoms with E-state index in [0.717, 1.165) is 11.3 Å². The lowest BCUT2D eigenvalue weighted by atomic mass is 10.1. The summed E-state index contributed by atoms with van der Waals surface area (Å²) in [7, 11) is 0. The van der Waals surface area contributed by atoms with E-state index in [0.29, 0.717) is 10.0 Å². The Morgan fingerprint density at radius 2 is 2.00 bits per heavy atom. The molecule has 0 atom stereocenters. The van der Waals surface area contributed by atoms with Gasteiger partial charge in [-0.05, 0) is 42.0 Å². The molecule has 1 amide bonds. The molecule has 27 heavy (non-hydrogen) atoms. The lowest BCUT2D eigenvalue weighted by Gasteiger charge is -2.12. The average molecular weight is 436 g/mol. The number of carbonyl (C=O) groups is 1. The van der Waals surface area contributed by atoms with Crippen LogP contribution in [0.3, 0.4) is 0 Å². The first-order valence-electron chi connectivity index (χ1n) is 8.10. The molecule has 0 radical (unpaired) electrons. The fourth-order valence-corrected chi connectivity index (χ4v) is 2.94. The van der Waals surface area contributed by atoms with Crippen LogP contribution in [-0.4, -0.2) is 22.3 Å². The van der Waals surface area contributed by atoms with Gasteiger partial charge in [0, 0.05) is 29.0 Å². The Hall–Kier alpha value is -2.74. The molecule has 0 saturated heterocycles. The van der Waals surface area contributed by atoms with Crippen molar-refractivity contribution in [2.45, 2.75) is 19.6 Å². The lowest BCUT2D eigenvalue weighted by molar-refractivity contribution is -0.120. The largest absolute Gasteiger partial charge is 0.434 e. The van der Waals surface area contributed by atoms with E-state index in [9.17, 15) is 13.6 Å². The highest BCUT2D eigenvalue weighted by Crippen LogP contribution is 2.24. The van der Waals surface area contributed by atoms with Crippen molar-refractivity contribution in [1.82, 2.24) is 15.1 Å². The van der Waals surface area contributed by atoms with Gasteiger partial charge in [-0.2, -0.15) is 13.9 Å². The van der Waals surface area contributed by atoms with Crippen LogP contribution >= 0.6 is 15.9 Å². The zero-order chi connectivity index (χ0) is 19.2. The molecule has 140 valence electrons. The molecule has 3 aromatic rings. The number of benzene rings is 2. The number of amides is 1. The fraction of sp³-hybridized carbons (Fsp3) is 0.158. The summed E-state index contributed by atoms with van der Waals surface area (Å²) in [4.78, 5) is 12.2. The molecule has 0 fully saturated rings. The van der Waals surface area contributed by atoms with Gasteiger partial charge in [-0.15, -0.1) is 0 Å². The minimum atomic E-state index is -2.92. The fourth-order valence-electron chi connectivity index (χ4n) is 2.53. The van der Waals surface area contributed by atoms with Crippen molar-refractivity contribution < 1.29 is 18.3 Å². The van der Waals surface area contributed by atoms with Crippen LogP contribution in [0.1, 0.15) is 11.1 Å². The summed E-state index contributed by atoms with van der Waals surface area (Å²) in [6.07, 6.45) is 3.70. The van der Waals surface area contributed by atoms with Crippen molar-refractivity contribution >= 4 is 21.8 Å². The van der Waals surface area contributed by atoms with Crippen molar-refractivity contribution in [3.05, 3.63) is 76.5 Å². The van der Waals surface area contributed by atoms with E-state index in [2.05, 4.69) is 31.1 Å². The number of hydrogen-bond acceptors (Lipinski definition) is 3. The Kier molecular flexibility index (Phi) is 6.18. The van der Waals surface area contributed by atoms with Gasteiger partial charge in [0.05, 0.1) is 12.1 Å². The maximum absolute atomic E-state index is 12.5. The minimum absolute atomic E-state index is 0.0390. The zero-order valence-electron chi connectivity index (χ0n) is 14.1. The third kappa shape index (κ3) is 5.37. The monoisotopic (exact) mass is 435 g/mol. The van der Waals surface area contributed by atoms with Crippen LogP contribution in [0.4, 0.5) is 8.78 Å². The maximum atomic E-state index is 12.5. The Bertz CT molecular complexity index is 900. The second-order valence-electron chi connectivity index (χ2n) is 5.70. The van der Waals surface area contributed by atoms with Gasteiger partial charge in [0.25, 0.3) is 0 Å². The summed E-state index contributed by atoms with van der Waals surface area (Å²) in [6.45, 7) is -2.83. The molecule has 0 aliphatic carbocycles. The Labute approximate surface area is 163 Å². The first kappa shape index (κ1) is 19.0. The van der Waals surface area contributed by atoms with E-state index in [-0.39, 0.29) is 24.6 Å². The average Bonchev–Trinajstić information content (AvgIpc) is 3.17. The topological polar surface area (TPSA) is 56.2 Å². The highest BCUT2D eigenvalue weighted by atomic mass is 79.9. The van der Waals surface area contributed by atoms with E-state index in [4.69, 9.17) is 0 Å². The maximum Gasteiger partial charge on any atom is 0.387 e. The van der Waals surface area contributed by atoms with Gasteiger partial charge in [0.15, 0.2) is 0 Å². The first-order valence-corrected chi connectivity index (χ1v) is 8.89. The van der Waals surface area contributed by atoms with Crippen molar-refractivity contribution in [3.8, 4) is 11.4 Å². The summed E-state index contributed by atoms with van der Waals surface area (Å²) in [6, 6.07) is 13.9. The standard InChI is InChI=1S/C19H16BrF2N3O2/c20-15-4-7-17(27-19(21)22)14(11-15)12-23-18(26)10-13-2-5-16(6-3-13)25-9-1-8-24-25/h1-9,11,19H,10,12H2,(H,23,26). The molecular weight excluding hydrogens is 420 g/mol. The number of rotatable bonds is 7. The Morgan fingerprint density at radius 3 is 2.67 bits per heavy atom. The van der Waals surface area contributed by atoms with Gasteiger partial charge in [0.2, 0.25) is 5.91 Å². The smallest absolute Gasteiger partial charge is 0.387 e. The molecule has 0 bridgehead atoms. The van der Waals surface area contributed by atoms with Gasteiger partial charge >= 0.3 is 6.61 Å². The van der Waals surface area contributed by atoms with Crippen molar-refractivity contribution in [2.24, 2.45) is 0 Å². The quantitative estimate of drug-likeness (QED) is 0.607. The number of alkyl halides is 2. The summed E-state index contributed by atoms with van der Waals surface area (Å²) in [5.41, 5.74) is 2.20. The number of carbonyl (C=O) groups excluding carboxylic acids is 1. The molecule has 0 aliphatic rings. The molecule has 2 aromatic carbocycles. The van der Waals surface area contributed by atoms with Gasteiger partial charge in [-0.1, -0.05) is 28.1 Å². The van der Waals surface area contributed by atoms with E-state index in [1.54, 1.807) is 23.0 Å². The van der Waals surface area contributed by atoms with Crippen molar-refractivity contribution in [1.29, 1.82) is 0 Å². The van der Waals surface area contributed by atoms with Crippen LogP contribution in [-0.2, 0) is 17.8 Å². The minimum Gasteiger partial charge on any atom is -0.434 e. The van der Waals surface area contributed by atoms with Gasteiger partial charge in [-0.25, -0.2) is 4.68 Å². The van der Waals surface area contributed by atoms with E-state index in [1.807, 2.05) is 36.5 Å². The Morgan fingerprint density at radius 1 is 1.22 bits per heavy atom. The molecule has 3 rings (SSSR count). The molecule has 0 unspecified atom stereocenters. The molecule has 0 aliphatic heterocycles. The van der Waals surface area contributed by atoms with E-state index < -0.39 is 6.61 Å². The molecule has 1 heterocycles. The number of halogens is 3. The lowest BCUT2D eigenvalue weighted by Crippen LogP contribution is -2.25. The van der Waals surface area contributed by atoms with Crippen molar-refractivity contribution in [2.75, 3.05) is 0 Å². The molecule has 5 nitrogen and oxygen atoms in total. The second kappa shape index (κ2) is 8.77. The summed E-state index contributed by atoms with van der Waals surface area (Å²) >= 11 is 3.28. The molecule has 1 aromatic heterocycles. The van der Waals surface area contributed by atoms with Crippen molar-refractivity contribution in [3.63, 3.8) is 0 Å². The van der Waals surface area contributed by atoms with E-state index >= 15 is 0 Å². The predicted octanol–water partition coefficient (Wildman–Crippen LogP) is 4.10. The van der Waals surface area contributed by atoms with Gasteiger partial charge in [-0.3, -0.25) is 4.79 Å². The highest BCUT2D eigenvalue weighted by molar-refractivity contribution is 9.10. The van der Waals surface area contributed by atoms with Crippen LogP contribution in [0.2, 0.25) is 0 Å². The molecule has 0 saturated carbocycles. The van der Waals surface area contributed by atoms with Crippen LogP contribution in [0.15, 0.2) is 65.4 Å². The zero-order valence-corrected chi connectivity index (χ0v) is 15.7. The normalized spacial score (nSPS) is 10.8. The predicted molar refractivity (Wildman–Crippen MR) is 99.9 cm³/mol. The summed E-state index contributed by atoms with van der Waals surface area (Å²) in [5.74, 6) is -0.179. The van der Waals surface area contributed by atoms with Crippen LogP contribution in [0, 0.1) is 0 Å². The third-order valence-corrected chi connectivity index (χ3v) is 4.28. The van der Waals surface area contributed by atoms with Gasteiger partial charge in [0.1, 0.15) is 5.75 Å². The SMILES string of the molecule is O=C(Cc1ccc(-n2cccn2)cc1)NCc1cc(Br)ccc1OC(F)F. The third-order valence-electron chi connectivity index (χ3n) is 3.78. The van der Waals surface area contributed by atoms with Crippen LogP contribution < -0.4 is 10.1 Å². The molecule has 0 spiro atoms. The summed E-state index contributed by atoms with van der Waals surface area (Å²) < 4.78 is 31.9. The number of nitrogens with one attached hydrogen (secondary N) is 1. The number of nitrogens with zero attached hydrogens (tertiary/aromatic N) is 2. The number of ether oxygens (including phenoxy) is 1. The molecule has 8 heteroatoms. The van der Waals surface area contributed by atoms with Gasteiger partial charge < -0.3 is 10.1 Å². The first-order chi connectivity index (χ1) is 13.0. The Balaban J connectivity index is 1.59. The number of aromatic nitrogens is 2. The molecular formula is C19H16BrF2N3O2. The molecule has 1 N–H and O–H groups in total. The van der Waals surface area contributed by atoms with Crippen LogP contribution in [0.5, 0.6) is 5.75 Å². The van der Waals surface area contributed by atoms with E-state index in [1.165, 1.54) is 6.07 Å². The highest BCUT2D eigenvalue weighted by Gasteiger charge is 2.12. The number of hydrogen-bond donors (Lipinski definition) is 1.